The monoisotopic (exact) mass is 169 g/mol. The van der Waals surface area contributed by atoms with Crippen LogP contribution in [-0.2, 0) is 4.79 Å². The number of ketones is 1. The maximum Gasteiger partial charge on any atom is 0.149 e. The van der Waals surface area contributed by atoms with E-state index < -0.39 is 0 Å². The van der Waals surface area contributed by atoms with Gasteiger partial charge >= 0.3 is 0 Å². The van der Waals surface area contributed by atoms with Gasteiger partial charge in [0.2, 0.25) is 0 Å². The van der Waals surface area contributed by atoms with E-state index in [4.69, 9.17) is 0 Å². The zero-order valence-corrected chi connectivity index (χ0v) is 7.94. The third-order valence-corrected chi connectivity index (χ3v) is 2.48. The minimum Gasteiger partial charge on any atom is -0.307 e. The molecule has 2 heteroatoms. The molecule has 0 aliphatic heterocycles. The summed E-state index contributed by atoms with van der Waals surface area (Å²) in [5.41, 5.74) is 0. The Balaban J connectivity index is 2.16. The number of hydrogen-bond acceptors (Lipinski definition) is 2. The number of carbonyl (C=O) groups excluding carboxylic acids is 1. The molecule has 1 aliphatic rings. The van der Waals surface area contributed by atoms with Gasteiger partial charge in [0, 0.05) is 6.42 Å². The van der Waals surface area contributed by atoms with E-state index in [0.29, 0.717) is 5.78 Å². The summed E-state index contributed by atoms with van der Waals surface area (Å²) >= 11 is 0. The lowest BCUT2D eigenvalue weighted by Gasteiger charge is -2.21. The van der Waals surface area contributed by atoms with E-state index in [1.54, 1.807) is 0 Å². The standard InChI is InChI=1S/C10H19NO/c1-2-3-8-11-9-6-4-5-7-10(9)12/h9,11H,2-8H2,1H3. The number of carbonyl (C=O) groups is 1. The van der Waals surface area contributed by atoms with Crippen molar-refractivity contribution < 1.29 is 4.79 Å². The zero-order valence-electron chi connectivity index (χ0n) is 7.94. The molecule has 0 radical (unpaired) electrons. The number of unbranched alkanes of at least 4 members (excludes halogenated alkanes) is 1. The van der Waals surface area contributed by atoms with Gasteiger partial charge in [-0.05, 0) is 25.8 Å². The van der Waals surface area contributed by atoms with Crippen LogP contribution in [0.5, 0.6) is 0 Å². The van der Waals surface area contributed by atoms with Gasteiger partial charge in [-0.2, -0.15) is 0 Å². The Hall–Kier alpha value is -0.370. The second kappa shape index (κ2) is 5.31. The van der Waals surface area contributed by atoms with Gasteiger partial charge in [-0.15, -0.1) is 0 Å². The fourth-order valence-corrected chi connectivity index (χ4v) is 1.65. The molecule has 0 aromatic heterocycles. The molecule has 0 heterocycles. The first-order chi connectivity index (χ1) is 5.84. The van der Waals surface area contributed by atoms with Crippen LogP contribution in [-0.4, -0.2) is 18.4 Å². The Bertz CT molecular complexity index is 145. The van der Waals surface area contributed by atoms with E-state index in [1.165, 1.54) is 19.3 Å². The molecule has 1 N–H and O–H groups in total. The van der Waals surface area contributed by atoms with Gasteiger partial charge in [0.25, 0.3) is 0 Å². The molecule has 0 aromatic rings. The maximum absolute atomic E-state index is 11.3. The summed E-state index contributed by atoms with van der Waals surface area (Å²) in [7, 11) is 0. The van der Waals surface area contributed by atoms with Crippen LogP contribution in [0, 0.1) is 0 Å². The summed E-state index contributed by atoms with van der Waals surface area (Å²) in [6.45, 7) is 3.18. The molecule has 0 bridgehead atoms. The van der Waals surface area contributed by atoms with Gasteiger partial charge < -0.3 is 5.32 Å². The summed E-state index contributed by atoms with van der Waals surface area (Å²) in [5, 5.41) is 3.32. The van der Waals surface area contributed by atoms with E-state index in [1.807, 2.05) is 0 Å². The highest BCUT2D eigenvalue weighted by Crippen LogP contribution is 2.14. The Morgan fingerprint density at radius 2 is 2.33 bits per heavy atom. The number of nitrogens with one attached hydrogen (secondary N) is 1. The van der Waals surface area contributed by atoms with Crippen LogP contribution in [0.4, 0.5) is 0 Å². The highest BCUT2D eigenvalue weighted by Gasteiger charge is 2.20. The van der Waals surface area contributed by atoms with Crippen molar-refractivity contribution >= 4 is 5.78 Å². The SMILES string of the molecule is CCCCNC1CCCCC1=O. The number of hydrogen-bond donors (Lipinski definition) is 1. The molecule has 1 aliphatic carbocycles. The summed E-state index contributed by atoms with van der Waals surface area (Å²) in [5.74, 6) is 0.428. The Labute approximate surface area is 74.7 Å². The third kappa shape index (κ3) is 2.94. The van der Waals surface area contributed by atoms with Gasteiger partial charge in [-0.3, -0.25) is 4.79 Å². The minimum atomic E-state index is 0.185. The van der Waals surface area contributed by atoms with Gasteiger partial charge in [-0.25, -0.2) is 0 Å². The molecule has 12 heavy (non-hydrogen) atoms. The topological polar surface area (TPSA) is 29.1 Å². The lowest BCUT2D eigenvalue weighted by Crippen LogP contribution is -2.39. The smallest absolute Gasteiger partial charge is 0.149 e. The zero-order chi connectivity index (χ0) is 8.81. The van der Waals surface area contributed by atoms with Crippen molar-refractivity contribution in [3.8, 4) is 0 Å². The average molecular weight is 169 g/mol. The van der Waals surface area contributed by atoms with Crippen molar-refractivity contribution in [3.05, 3.63) is 0 Å². The van der Waals surface area contributed by atoms with Crippen LogP contribution in [0.2, 0.25) is 0 Å². The van der Waals surface area contributed by atoms with Crippen LogP contribution in [0.25, 0.3) is 0 Å². The predicted molar refractivity (Wildman–Crippen MR) is 50.2 cm³/mol. The van der Waals surface area contributed by atoms with Crippen LogP contribution < -0.4 is 5.32 Å². The van der Waals surface area contributed by atoms with E-state index in [2.05, 4.69) is 12.2 Å². The molecule has 2 nitrogen and oxygen atoms in total. The lowest BCUT2D eigenvalue weighted by atomic mass is 9.94. The molecule has 70 valence electrons. The fourth-order valence-electron chi connectivity index (χ4n) is 1.65. The number of rotatable bonds is 4. The maximum atomic E-state index is 11.3. The molecular weight excluding hydrogens is 150 g/mol. The quantitative estimate of drug-likeness (QED) is 0.651. The second-order valence-corrected chi connectivity index (χ2v) is 3.57. The highest BCUT2D eigenvalue weighted by atomic mass is 16.1. The molecule has 0 saturated heterocycles. The first kappa shape index (κ1) is 9.72. The van der Waals surface area contributed by atoms with Crippen LogP contribution >= 0.6 is 0 Å². The fraction of sp³-hybridized carbons (Fsp3) is 0.900. The summed E-state index contributed by atoms with van der Waals surface area (Å²) in [6.07, 6.45) is 6.56. The van der Waals surface area contributed by atoms with Crippen LogP contribution in [0.15, 0.2) is 0 Å². The van der Waals surface area contributed by atoms with Crippen molar-refractivity contribution in [3.63, 3.8) is 0 Å². The highest BCUT2D eigenvalue weighted by molar-refractivity contribution is 5.84. The molecule has 0 spiro atoms. The molecule has 1 fully saturated rings. The van der Waals surface area contributed by atoms with Gasteiger partial charge in [-0.1, -0.05) is 19.8 Å². The van der Waals surface area contributed by atoms with Crippen molar-refractivity contribution in [1.82, 2.24) is 5.32 Å². The molecule has 1 rings (SSSR count). The van der Waals surface area contributed by atoms with Crippen molar-refractivity contribution in [2.75, 3.05) is 6.54 Å². The summed E-state index contributed by atoms with van der Waals surface area (Å²) in [4.78, 5) is 11.3. The van der Waals surface area contributed by atoms with Crippen LogP contribution in [0.1, 0.15) is 45.4 Å². The third-order valence-electron chi connectivity index (χ3n) is 2.48. The molecule has 0 aromatic carbocycles. The minimum absolute atomic E-state index is 0.185. The molecule has 1 unspecified atom stereocenters. The Morgan fingerprint density at radius 3 is 3.00 bits per heavy atom. The van der Waals surface area contributed by atoms with E-state index in [9.17, 15) is 4.79 Å². The molecule has 1 saturated carbocycles. The lowest BCUT2D eigenvalue weighted by molar-refractivity contribution is -0.122. The Kier molecular flexibility index (Phi) is 4.30. The molecular formula is C10H19NO. The van der Waals surface area contributed by atoms with Crippen molar-refractivity contribution in [2.24, 2.45) is 0 Å². The predicted octanol–water partition coefficient (Wildman–Crippen LogP) is 1.89. The first-order valence-corrected chi connectivity index (χ1v) is 5.10. The summed E-state index contributed by atoms with van der Waals surface area (Å²) < 4.78 is 0. The van der Waals surface area contributed by atoms with E-state index >= 15 is 0 Å². The van der Waals surface area contributed by atoms with E-state index in [0.717, 1.165) is 25.8 Å². The van der Waals surface area contributed by atoms with Crippen LogP contribution in [0.3, 0.4) is 0 Å². The van der Waals surface area contributed by atoms with E-state index in [-0.39, 0.29) is 6.04 Å². The molecule has 0 amide bonds. The Morgan fingerprint density at radius 1 is 1.50 bits per heavy atom. The van der Waals surface area contributed by atoms with Gasteiger partial charge in [0.05, 0.1) is 6.04 Å². The van der Waals surface area contributed by atoms with Gasteiger partial charge in [0.1, 0.15) is 5.78 Å². The molecule has 1 atom stereocenters. The largest absolute Gasteiger partial charge is 0.307 e. The summed E-state index contributed by atoms with van der Waals surface area (Å²) in [6, 6.07) is 0.185. The van der Waals surface area contributed by atoms with Crippen molar-refractivity contribution in [1.29, 1.82) is 0 Å². The normalized spacial score (nSPS) is 24.4. The number of Topliss-reactive ketones (excluding diaryl/α,β-unsaturated/α-hetero) is 1. The van der Waals surface area contributed by atoms with Gasteiger partial charge in [0.15, 0.2) is 0 Å². The van der Waals surface area contributed by atoms with Crippen molar-refractivity contribution in [2.45, 2.75) is 51.5 Å². The average Bonchev–Trinajstić information content (AvgIpc) is 2.09. The first-order valence-electron chi connectivity index (χ1n) is 5.10. The second-order valence-electron chi connectivity index (χ2n) is 3.57.